The van der Waals surface area contributed by atoms with Gasteiger partial charge >= 0.3 is 0 Å². The van der Waals surface area contributed by atoms with Crippen LogP contribution in [0.25, 0.3) is 11.0 Å². The predicted molar refractivity (Wildman–Crippen MR) is 73.7 cm³/mol. The molecule has 0 spiro atoms. The lowest BCUT2D eigenvalue weighted by molar-refractivity contribution is -0.0231. The Kier molecular flexibility index (Phi) is 3.88. The Morgan fingerprint density at radius 3 is 2.65 bits per heavy atom. The zero-order chi connectivity index (χ0) is 16.9. The molecule has 7 nitrogen and oxygen atoms in total. The number of nitrogens with one attached hydrogen (secondary N) is 1. The highest BCUT2D eigenvalue weighted by molar-refractivity contribution is 5.76. The maximum absolute atomic E-state index is 14.2. The van der Waals surface area contributed by atoms with Gasteiger partial charge in [0.2, 0.25) is 5.95 Å². The number of aliphatic hydroxyl groups is 3. The van der Waals surface area contributed by atoms with Crippen LogP contribution in [0.3, 0.4) is 0 Å². The van der Waals surface area contributed by atoms with E-state index in [9.17, 15) is 23.8 Å². The van der Waals surface area contributed by atoms with Gasteiger partial charge in [0.05, 0.1) is 12.0 Å². The van der Waals surface area contributed by atoms with Crippen LogP contribution in [0.4, 0.5) is 8.78 Å². The van der Waals surface area contributed by atoms with Crippen molar-refractivity contribution in [1.29, 1.82) is 0 Å². The third-order valence-electron chi connectivity index (χ3n) is 3.98. The average molecular weight is 328 g/mol. The third-order valence-corrected chi connectivity index (χ3v) is 3.98. The number of hydrogen-bond donors (Lipinski definition) is 4. The van der Waals surface area contributed by atoms with E-state index < -0.39 is 48.3 Å². The van der Waals surface area contributed by atoms with Gasteiger partial charge in [-0.3, -0.25) is 4.79 Å². The molecule has 1 fully saturated rings. The molecule has 9 heteroatoms. The fourth-order valence-corrected chi connectivity index (χ4v) is 2.63. The molecule has 3 rings (SSSR count). The van der Waals surface area contributed by atoms with Crippen molar-refractivity contribution in [3.8, 4) is 0 Å². The van der Waals surface area contributed by atoms with Crippen LogP contribution in [-0.4, -0.2) is 50.2 Å². The predicted octanol–water partition coefficient (Wildman–Crippen LogP) is -0.336. The summed E-state index contributed by atoms with van der Waals surface area (Å²) >= 11 is 0. The molecule has 0 radical (unpaired) electrons. The van der Waals surface area contributed by atoms with Crippen molar-refractivity contribution >= 4 is 11.0 Å². The molecule has 0 amide bonds. The summed E-state index contributed by atoms with van der Waals surface area (Å²) in [5.74, 6) is -1.93. The van der Waals surface area contributed by atoms with Crippen LogP contribution in [0.5, 0.6) is 0 Å². The van der Waals surface area contributed by atoms with Crippen LogP contribution in [-0.2, 0) is 4.74 Å². The molecular formula is C14H14F2N2O5. The van der Waals surface area contributed by atoms with Crippen molar-refractivity contribution in [2.45, 2.75) is 31.3 Å². The maximum atomic E-state index is 14.2. The number of pyridine rings is 2. The summed E-state index contributed by atoms with van der Waals surface area (Å²) in [4.78, 5) is 17.8. The molecule has 0 bridgehead atoms. The highest BCUT2D eigenvalue weighted by Gasteiger charge is 2.44. The number of aromatic amines is 1. The molecule has 2 aromatic rings. The fraction of sp³-hybridized carbons (Fsp3) is 0.429. The first-order valence-corrected chi connectivity index (χ1v) is 6.86. The first-order chi connectivity index (χ1) is 10.8. The molecule has 124 valence electrons. The van der Waals surface area contributed by atoms with Crippen LogP contribution >= 0.6 is 0 Å². The van der Waals surface area contributed by atoms with E-state index in [0.717, 1.165) is 6.07 Å². The molecule has 23 heavy (non-hydrogen) atoms. The van der Waals surface area contributed by atoms with Crippen molar-refractivity contribution in [3.05, 3.63) is 39.3 Å². The Labute approximate surface area is 128 Å². The zero-order valence-corrected chi connectivity index (χ0v) is 12.0. The monoisotopic (exact) mass is 328 g/mol. The molecule has 4 unspecified atom stereocenters. The van der Waals surface area contributed by atoms with E-state index in [0.29, 0.717) is 0 Å². The Hall–Kier alpha value is -1.94. The minimum Gasteiger partial charge on any atom is -0.394 e. The van der Waals surface area contributed by atoms with Crippen molar-refractivity contribution in [1.82, 2.24) is 9.97 Å². The van der Waals surface area contributed by atoms with Gasteiger partial charge in [0.25, 0.3) is 5.56 Å². The van der Waals surface area contributed by atoms with E-state index in [2.05, 4.69) is 9.97 Å². The van der Waals surface area contributed by atoms with Gasteiger partial charge in [-0.05, 0) is 13.0 Å². The third kappa shape index (κ3) is 2.41. The second-order valence-corrected chi connectivity index (χ2v) is 5.42. The lowest BCUT2D eigenvalue weighted by Crippen LogP contribution is -2.33. The second kappa shape index (κ2) is 5.60. The highest BCUT2D eigenvalue weighted by Crippen LogP contribution is 2.33. The molecule has 0 saturated carbocycles. The van der Waals surface area contributed by atoms with Gasteiger partial charge in [-0.15, -0.1) is 0 Å². The summed E-state index contributed by atoms with van der Waals surface area (Å²) in [7, 11) is 0. The second-order valence-electron chi connectivity index (χ2n) is 5.42. The summed E-state index contributed by atoms with van der Waals surface area (Å²) in [5, 5.41) is 28.6. The minimum absolute atomic E-state index is 0.142. The Morgan fingerprint density at radius 1 is 1.35 bits per heavy atom. The van der Waals surface area contributed by atoms with Crippen molar-refractivity contribution in [2.75, 3.05) is 6.61 Å². The van der Waals surface area contributed by atoms with Crippen LogP contribution in [0.1, 0.15) is 17.2 Å². The quantitative estimate of drug-likeness (QED) is 0.561. The van der Waals surface area contributed by atoms with Crippen molar-refractivity contribution in [2.24, 2.45) is 0 Å². The molecule has 0 aliphatic carbocycles. The number of aliphatic hydroxyl groups excluding tert-OH is 3. The summed E-state index contributed by atoms with van der Waals surface area (Å²) < 4.78 is 32.9. The molecule has 3 heterocycles. The van der Waals surface area contributed by atoms with Crippen LogP contribution in [0.15, 0.2) is 10.9 Å². The number of aromatic nitrogens is 2. The molecule has 2 aromatic heterocycles. The number of ether oxygens (including phenoxy) is 1. The lowest BCUT2D eigenvalue weighted by Gasteiger charge is -2.15. The molecule has 1 aliphatic heterocycles. The first-order valence-electron chi connectivity index (χ1n) is 6.86. The highest BCUT2D eigenvalue weighted by atomic mass is 19.1. The van der Waals surface area contributed by atoms with Gasteiger partial charge in [0, 0.05) is 11.1 Å². The normalized spacial score (nSPS) is 27.7. The summed E-state index contributed by atoms with van der Waals surface area (Å²) in [5.41, 5.74) is -1.49. The summed E-state index contributed by atoms with van der Waals surface area (Å²) in [6.45, 7) is 0.648. The molecular weight excluding hydrogens is 314 g/mol. The van der Waals surface area contributed by atoms with Gasteiger partial charge in [0.15, 0.2) is 0 Å². The lowest BCUT2D eigenvalue weighted by atomic mass is 10.0. The standard InChI is InChI=1S/C14H14F2N2O5/c1-4-8(15)5-2-6(14(22)18-13(5)17-12(4)16)11-10(21)9(20)7(3-19)23-11/h2,7,9-11,19-21H,3H2,1H3,(H,17,18,22). The fourth-order valence-electron chi connectivity index (χ4n) is 2.63. The number of H-pyrrole nitrogens is 1. The Bertz CT molecular complexity index is 825. The van der Waals surface area contributed by atoms with E-state index in [1.807, 2.05) is 0 Å². The number of fused-ring (bicyclic) bond motifs is 1. The summed E-state index contributed by atoms with van der Waals surface area (Å²) in [6, 6.07) is 1.10. The molecule has 1 aliphatic rings. The van der Waals surface area contributed by atoms with Crippen molar-refractivity contribution < 1.29 is 28.8 Å². The topological polar surface area (TPSA) is 116 Å². The van der Waals surface area contributed by atoms with Gasteiger partial charge in [-0.2, -0.15) is 4.39 Å². The minimum atomic E-state index is -1.47. The molecule has 4 atom stereocenters. The number of halogens is 2. The van der Waals surface area contributed by atoms with Gasteiger partial charge in [-0.1, -0.05) is 0 Å². The van der Waals surface area contributed by atoms with E-state index in [1.54, 1.807) is 0 Å². The summed E-state index contributed by atoms with van der Waals surface area (Å²) in [6.07, 6.45) is -5.18. The van der Waals surface area contributed by atoms with E-state index >= 15 is 0 Å². The van der Waals surface area contributed by atoms with E-state index in [1.165, 1.54) is 6.92 Å². The zero-order valence-electron chi connectivity index (χ0n) is 12.0. The molecule has 1 saturated heterocycles. The Morgan fingerprint density at radius 2 is 2.04 bits per heavy atom. The van der Waals surface area contributed by atoms with Crippen molar-refractivity contribution in [3.63, 3.8) is 0 Å². The molecule has 0 aromatic carbocycles. The largest absolute Gasteiger partial charge is 0.394 e. The van der Waals surface area contributed by atoms with Gasteiger partial charge < -0.3 is 25.0 Å². The first kappa shape index (κ1) is 15.9. The SMILES string of the molecule is Cc1c(F)nc2[nH]c(=O)c(C3OC(CO)C(O)C3O)cc2c1F. The number of nitrogens with zero attached hydrogens (tertiary/aromatic N) is 1. The van der Waals surface area contributed by atoms with Gasteiger partial charge in [0.1, 0.15) is 35.9 Å². The molecule has 4 N–H and O–H groups in total. The average Bonchev–Trinajstić information content (AvgIpc) is 2.80. The van der Waals surface area contributed by atoms with E-state index in [-0.39, 0.29) is 22.2 Å². The Balaban J connectivity index is 2.16. The maximum Gasteiger partial charge on any atom is 0.255 e. The van der Waals surface area contributed by atoms with Crippen LogP contribution < -0.4 is 5.56 Å². The van der Waals surface area contributed by atoms with Crippen LogP contribution in [0.2, 0.25) is 0 Å². The van der Waals surface area contributed by atoms with Crippen LogP contribution in [0, 0.1) is 18.7 Å². The van der Waals surface area contributed by atoms with E-state index in [4.69, 9.17) is 9.84 Å². The smallest absolute Gasteiger partial charge is 0.255 e. The van der Waals surface area contributed by atoms with Gasteiger partial charge in [-0.25, -0.2) is 9.37 Å². The number of rotatable bonds is 2. The number of hydrogen-bond acceptors (Lipinski definition) is 6.